The normalized spacial score (nSPS) is 36.2. The Kier molecular flexibility index (Phi) is 3.27. The summed E-state index contributed by atoms with van der Waals surface area (Å²) in [6.07, 6.45) is 0.0621. The van der Waals surface area contributed by atoms with E-state index in [1.807, 2.05) is 4.90 Å². The fourth-order valence-corrected chi connectivity index (χ4v) is 4.27. The average molecular weight is 249 g/mol. The number of sulfone groups is 1. The number of hydrogen-bond donors (Lipinski definition) is 0. The van der Waals surface area contributed by atoms with E-state index in [0.717, 1.165) is 13.0 Å². The molecule has 16 heavy (non-hydrogen) atoms. The molecule has 0 aliphatic carbocycles. The molecule has 2 fully saturated rings. The maximum absolute atomic E-state index is 13.9. The van der Waals surface area contributed by atoms with E-state index in [1.54, 1.807) is 0 Å². The minimum absolute atomic E-state index is 0.0800. The number of halogens is 1. The highest BCUT2D eigenvalue weighted by Crippen LogP contribution is 2.30. The summed E-state index contributed by atoms with van der Waals surface area (Å²) in [6.45, 7) is 5.38. The fraction of sp³-hybridized carbons (Fsp3) is 1.00. The largest absolute Gasteiger partial charge is 0.295 e. The molecule has 0 aromatic carbocycles. The maximum Gasteiger partial charge on any atom is 0.153 e. The zero-order valence-electron chi connectivity index (χ0n) is 9.89. The second-order valence-corrected chi connectivity index (χ2v) is 7.59. The van der Waals surface area contributed by atoms with E-state index in [0.29, 0.717) is 12.5 Å². The van der Waals surface area contributed by atoms with Crippen LogP contribution in [0.3, 0.4) is 0 Å². The van der Waals surface area contributed by atoms with Gasteiger partial charge in [0.1, 0.15) is 6.17 Å². The van der Waals surface area contributed by atoms with Crippen LogP contribution in [0.4, 0.5) is 4.39 Å². The molecule has 3 nitrogen and oxygen atoms in total. The van der Waals surface area contributed by atoms with Gasteiger partial charge in [0.25, 0.3) is 0 Å². The Morgan fingerprint density at radius 2 is 1.94 bits per heavy atom. The lowest BCUT2D eigenvalue weighted by Gasteiger charge is -2.43. The van der Waals surface area contributed by atoms with Crippen molar-refractivity contribution in [2.45, 2.75) is 32.5 Å². The standard InChI is InChI=1S/C11H20FNO2S/c1-8(2)10-3-4-13(5-11(10)12)9-6-16(14,15)7-9/h8-11H,3-7H2,1-2H3. The highest BCUT2D eigenvalue weighted by Gasteiger charge is 2.41. The van der Waals surface area contributed by atoms with Crippen LogP contribution in [0, 0.1) is 11.8 Å². The van der Waals surface area contributed by atoms with Crippen molar-refractivity contribution in [3.63, 3.8) is 0 Å². The second-order valence-electron chi connectivity index (χ2n) is 5.44. The Balaban J connectivity index is 1.89. The van der Waals surface area contributed by atoms with Crippen LogP contribution in [0.1, 0.15) is 20.3 Å². The Morgan fingerprint density at radius 3 is 2.38 bits per heavy atom. The van der Waals surface area contributed by atoms with E-state index >= 15 is 0 Å². The van der Waals surface area contributed by atoms with Gasteiger partial charge in [0.15, 0.2) is 9.84 Å². The highest BCUT2D eigenvalue weighted by atomic mass is 32.2. The van der Waals surface area contributed by atoms with Crippen molar-refractivity contribution in [1.82, 2.24) is 4.90 Å². The zero-order valence-corrected chi connectivity index (χ0v) is 10.7. The lowest BCUT2D eigenvalue weighted by atomic mass is 9.85. The van der Waals surface area contributed by atoms with Gasteiger partial charge in [-0.2, -0.15) is 0 Å². The van der Waals surface area contributed by atoms with Crippen molar-refractivity contribution in [1.29, 1.82) is 0 Å². The smallest absolute Gasteiger partial charge is 0.153 e. The SMILES string of the molecule is CC(C)C1CCN(C2CS(=O)(=O)C2)CC1F. The first-order chi connectivity index (χ1) is 7.39. The number of piperidine rings is 1. The van der Waals surface area contributed by atoms with Crippen LogP contribution in [0.15, 0.2) is 0 Å². The predicted molar refractivity (Wildman–Crippen MR) is 61.9 cm³/mol. The molecule has 2 atom stereocenters. The van der Waals surface area contributed by atoms with E-state index < -0.39 is 16.0 Å². The molecule has 2 unspecified atom stereocenters. The summed E-state index contributed by atoms with van der Waals surface area (Å²) >= 11 is 0. The molecule has 2 saturated heterocycles. The molecule has 2 aliphatic heterocycles. The molecule has 0 N–H and O–H groups in total. The van der Waals surface area contributed by atoms with Gasteiger partial charge in [-0.1, -0.05) is 13.8 Å². The van der Waals surface area contributed by atoms with Gasteiger partial charge in [0.05, 0.1) is 11.5 Å². The van der Waals surface area contributed by atoms with Crippen LogP contribution in [0.5, 0.6) is 0 Å². The third kappa shape index (κ3) is 2.40. The molecular weight excluding hydrogens is 229 g/mol. The van der Waals surface area contributed by atoms with Crippen LogP contribution in [-0.2, 0) is 9.84 Å². The highest BCUT2D eigenvalue weighted by molar-refractivity contribution is 7.92. The van der Waals surface area contributed by atoms with Gasteiger partial charge in [-0.3, -0.25) is 4.90 Å². The first kappa shape index (κ1) is 12.3. The molecule has 0 aromatic heterocycles. The lowest BCUT2D eigenvalue weighted by molar-refractivity contribution is 0.0435. The topological polar surface area (TPSA) is 37.4 Å². The summed E-state index contributed by atoms with van der Waals surface area (Å²) in [4.78, 5) is 2.02. The lowest BCUT2D eigenvalue weighted by Crippen LogP contribution is -2.57. The van der Waals surface area contributed by atoms with Crippen LogP contribution in [-0.4, -0.2) is 50.1 Å². The second kappa shape index (κ2) is 4.26. The van der Waals surface area contributed by atoms with Gasteiger partial charge in [0, 0.05) is 12.6 Å². The third-order valence-electron chi connectivity index (χ3n) is 3.89. The van der Waals surface area contributed by atoms with Crippen LogP contribution in [0.25, 0.3) is 0 Å². The minimum atomic E-state index is -2.79. The molecule has 94 valence electrons. The van der Waals surface area contributed by atoms with Gasteiger partial charge in [-0.15, -0.1) is 0 Å². The molecule has 2 aliphatic rings. The Hall–Kier alpha value is -0.160. The van der Waals surface area contributed by atoms with Gasteiger partial charge < -0.3 is 0 Å². The first-order valence-electron chi connectivity index (χ1n) is 5.97. The van der Waals surface area contributed by atoms with Crippen LogP contribution >= 0.6 is 0 Å². The van der Waals surface area contributed by atoms with Crippen molar-refractivity contribution < 1.29 is 12.8 Å². The summed E-state index contributed by atoms with van der Waals surface area (Å²) in [5.41, 5.74) is 0. The number of rotatable bonds is 2. The number of likely N-dealkylation sites (tertiary alicyclic amines) is 1. The van der Waals surface area contributed by atoms with Gasteiger partial charge in [0.2, 0.25) is 0 Å². The van der Waals surface area contributed by atoms with Gasteiger partial charge >= 0.3 is 0 Å². The molecule has 0 amide bonds. The van der Waals surface area contributed by atoms with Crippen molar-refractivity contribution in [2.75, 3.05) is 24.6 Å². The minimum Gasteiger partial charge on any atom is -0.295 e. The third-order valence-corrected chi connectivity index (χ3v) is 5.67. The Bertz CT molecular complexity index is 343. The molecule has 2 heterocycles. The average Bonchev–Trinajstić information content (AvgIpc) is 2.13. The van der Waals surface area contributed by atoms with E-state index in [4.69, 9.17) is 0 Å². The number of hydrogen-bond acceptors (Lipinski definition) is 3. The quantitative estimate of drug-likeness (QED) is 0.735. The van der Waals surface area contributed by atoms with Gasteiger partial charge in [-0.05, 0) is 24.8 Å². The number of nitrogens with zero attached hydrogens (tertiary/aromatic N) is 1. The summed E-state index contributed by atoms with van der Waals surface area (Å²) in [7, 11) is -2.79. The monoisotopic (exact) mass is 249 g/mol. The van der Waals surface area contributed by atoms with Crippen molar-refractivity contribution in [2.24, 2.45) is 11.8 Å². The van der Waals surface area contributed by atoms with E-state index in [2.05, 4.69) is 13.8 Å². The molecule has 0 bridgehead atoms. The fourth-order valence-electron chi connectivity index (χ4n) is 2.78. The van der Waals surface area contributed by atoms with Crippen molar-refractivity contribution in [3.8, 4) is 0 Å². The van der Waals surface area contributed by atoms with E-state index in [9.17, 15) is 12.8 Å². The molecule has 2 rings (SSSR count). The molecule has 0 aromatic rings. The van der Waals surface area contributed by atoms with Crippen molar-refractivity contribution in [3.05, 3.63) is 0 Å². The maximum atomic E-state index is 13.9. The Morgan fingerprint density at radius 1 is 1.31 bits per heavy atom. The summed E-state index contributed by atoms with van der Waals surface area (Å²) in [5, 5.41) is 0. The molecule has 0 radical (unpaired) electrons. The number of alkyl halides is 1. The molecule has 0 spiro atoms. The van der Waals surface area contributed by atoms with Crippen molar-refractivity contribution >= 4 is 9.84 Å². The summed E-state index contributed by atoms with van der Waals surface area (Å²) < 4.78 is 36.0. The van der Waals surface area contributed by atoms with Crippen LogP contribution in [0.2, 0.25) is 0 Å². The van der Waals surface area contributed by atoms with Gasteiger partial charge in [-0.25, -0.2) is 12.8 Å². The summed E-state index contributed by atoms with van der Waals surface area (Å²) in [6, 6.07) is 0.0800. The van der Waals surface area contributed by atoms with Crippen LogP contribution < -0.4 is 0 Å². The summed E-state index contributed by atoms with van der Waals surface area (Å²) in [5.74, 6) is 0.980. The molecular formula is C11H20FNO2S. The zero-order chi connectivity index (χ0) is 11.9. The predicted octanol–water partition coefficient (Wildman–Crippen LogP) is 1.10. The Labute approximate surface area is 96.9 Å². The van der Waals surface area contributed by atoms with E-state index in [-0.39, 0.29) is 23.5 Å². The molecule has 5 heteroatoms. The van der Waals surface area contributed by atoms with E-state index in [1.165, 1.54) is 0 Å². The first-order valence-corrected chi connectivity index (χ1v) is 7.80. The molecule has 0 saturated carbocycles.